The van der Waals surface area contributed by atoms with Crippen LogP contribution in [0.2, 0.25) is 0 Å². The topological polar surface area (TPSA) is 34.0 Å². The first-order valence-corrected chi connectivity index (χ1v) is 9.17. The summed E-state index contributed by atoms with van der Waals surface area (Å²) in [5.74, 6) is 2.23. The summed E-state index contributed by atoms with van der Waals surface area (Å²) in [6.45, 7) is 8.88. The van der Waals surface area contributed by atoms with Gasteiger partial charge in [-0.05, 0) is 31.4 Å². The summed E-state index contributed by atoms with van der Waals surface area (Å²) in [7, 11) is 0. The Labute approximate surface area is 151 Å². The third-order valence-electron chi connectivity index (χ3n) is 5.81. The van der Waals surface area contributed by atoms with Crippen molar-refractivity contribution in [1.29, 1.82) is 0 Å². The zero-order valence-corrected chi connectivity index (χ0v) is 15.2. The standard InChI is InChI=1S/C19H23F3N4/c1-4-17-24-16(12-6-15(19(20,21)22)11(3)23-7-12)10-26(17)18-13-8-25(5-2)9-14(13)18/h6-7,10,13-14,18H,4-5,8-9H2,1-3H3/t13-,14+,18+. The van der Waals surface area contributed by atoms with E-state index in [0.717, 1.165) is 31.9 Å². The quantitative estimate of drug-likeness (QED) is 0.824. The number of aryl methyl sites for hydroxylation is 2. The Bertz CT molecular complexity index is 815. The smallest absolute Gasteiger partial charge is 0.331 e. The van der Waals surface area contributed by atoms with Crippen LogP contribution in [0.1, 0.15) is 37.0 Å². The average molecular weight is 364 g/mol. The number of halogens is 3. The van der Waals surface area contributed by atoms with Gasteiger partial charge >= 0.3 is 6.18 Å². The Kier molecular flexibility index (Phi) is 4.10. The third kappa shape index (κ3) is 2.82. The lowest BCUT2D eigenvalue weighted by atomic mass is 10.1. The van der Waals surface area contributed by atoms with Gasteiger partial charge in [-0.15, -0.1) is 0 Å². The highest BCUT2D eigenvalue weighted by molar-refractivity contribution is 5.59. The molecule has 4 nitrogen and oxygen atoms in total. The van der Waals surface area contributed by atoms with Crippen LogP contribution in [0.3, 0.4) is 0 Å². The van der Waals surface area contributed by atoms with Gasteiger partial charge in [0, 0.05) is 49.2 Å². The summed E-state index contributed by atoms with van der Waals surface area (Å²) in [6.07, 6.45) is -0.229. The molecule has 1 aliphatic carbocycles. The molecule has 3 atom stereocenters. The Morgan fingerprint density at radius 3 is 2.46 bits per heavy atom. The van der Waals surface area contributed by atoms with Crippen LogP contribution in [0.15, 0.2) is 18.5 Å². The lowest BCUT2D eigenvalue weighted by molar-refractivity contribution is -0.138. The summed E-state index contributed by atoms with van der Waals surface area (Å²) >= 11 is 0. The lowest BCUT2D eigenvalue weighted by Gasteiger charge is -2.18. The van der Waals surface area contributed by atoms with Crippen molar-refractivity contribution in [2.75, 3.05) is 19.6 Å². The van der Waals surface area contributed by atoms with E-state index in [0.29, 0.717) is 29.1 Å². The number of imidazole rings is 1. The molecule has 3 heterocycles. The van der Waals surface area contributed by atoms with Crippen LogP contribution in [0.5, 0.6) is 0 Å². The molecule has 0 unspecified atom stereocenters. The SMILES string of the molecule is CCc1nc(-c2cnc(C)c(C(F)(F)F)c2)cn1[C@H]1[C@@H]2CN(CC)C[C@@H]21. The molecule has 0 aromatic carbocycles. The molecule has 0 amide bonds. The van der Waals surface area contributed by atoms with Gasteiger partial charge in [0.25, 0.3) is 0 Å². The molecular formula is C19H23F3N4. The number of alkyl halides is 3. The highest BCUT2D eigenvalue weighted by Crippen LogP contribution is 2.55. The molecule has 0 bridgehead atoms. The number of fused-ring (bicyclic) bond motifs is 1. The predicted molar refractivity (Wildman–Crippen MR) is 92.7 cm³/mol. The van der Waals surface area contributed by atoms with Gasteiger partial charge in [-0.2, -0.15) is 13.2 Å². The summed E-state index contributed by atoms with van der Waals surface area (Å²) < 4.78 is 41.8. The number of piperidine rings is 1. The summed E-state index contributed by atoms with van der Waals surface area (Å²) in [4.78, 5) is 11.0. The molecule has 1 saturated heterocycles. The maximum atomic E-state index is 13.2. The van der Waals surface area contributed by atoms with Gasteiger partial charge in [0.2, 0.25) is 0 Å². The van der Waals surface area contributed by atoms with E-state index in [4.69, 9.17) is 0 Å². The molecule has 0 N–H and O–H groups in total. The van der Waals surface area contributed by atoms with Crippen molar-refractivity contribution in [2.24, 2.45) is 11.8 Å². The number of likely N-dealkylation sites (tertiary alicyclic amines) is 1. The number of hydrogen-bond donors (Lipinski definition) is 0. The number of hydrogen-bond acceptors (Lipinski definition) is 3. The number of pyridine rings is 1. The minimum absolute atomic E-state index is 0.00669. The first-order valence-electron chi connectivity index (χ1n) is 9.17. The van der Waals surface area contributed by atoms with E-state index in [1.54, 1.807) is 0 Å². The highest BCUT2D eigenvalue weighted by Gasteiger charge is 2.56. The van der Waals surface area contributed by atoms with E-state index in [1.165, 1.54) is 19.2 Å². The molecule has 7 heteroatoms. The molecule has 2 aromatic rings. The third-order valence-corrected chi connectivity index (χ3v) is 5.81. The van der Waals surface area contributed by atoms with Crippen molar-refractivity contribution >= 4 is 0 Å². The zero-order chi connectivity index (χ0) is 18.6. The van der Waals surface area contributed by atoms with Gasteiger partial charge < -0.3 is 9.47 Å². The van der Waals surface area contributed by atoms with Crippen molar-refractivity contribution in [3.05, 3.63) is 35.5 Å². The van der Waals surface area contributed by atoms with E-state index in [9.17, 15) is 13.2 Å². The van der Waals surface area contributed by atoms with Crippen molar-refractivity contribution < 1.29 is 13.2 Å². The van der Waals surface area contributed by atoms with E-state index in [1.807, 2.05) is 13.1 Å². The molecule has 1 aliphatic heterocycles. The molecule has 2 fully saturated rings. The number of nitrogens with zero attached hydrogens (tertiary/aromatic N) is 4. The van der Waals surface area contributed by atoms with Crippen LogP contribution in [-0.4, -0.2) is 39.1 Å². The molecule has 2 aromatic heterocycles. The molecule has 140 valence electrons. The minimum Gasteiger partial charge on any atom is -0.331 e. The summed E-state index contributed by atoms with van der Waals surface area (Å²) in [6, 6.07) is 1.61. The van der Waals surface area contributed by atoms with Crippen LogP contribution >= 0.6 is 0 Å². The second-order valence-corrected chi connectivity index (χ2v) is 7.33. The zero-order valence-electron chi connectivity index (χ0n) is 15.2. The second-order valence-electron chi connectivity index (χ2n) is 7.33. The van der Waals surface area contributed by atoms with Gasteiger partial charge in [-0.3, -0.25) is 4.98 Å². The fourth-order valence-corrected chi connectivity index (χ4v) is 4.30. The number of rotatable bonds is 4. The molecule has 2 aliphatic rings. The molecule has 26 heavy (non-hydrogen) atoms. The molecule has 0 radical (unpaired) electrons. The second kappa shape index (κ2) is 6.08. The maximum Gasteiger partial charge on any atom is 0.418 e. The fourth-order valence-electron chi connectivity index (χ4n) is 4.30. The van der Waals surface area contributed by atoms with Crippen molar-refractivity contribution in [3.8, 4) is 11.3 Å². The Morgan fingerprint density at radius 2 is 1.88 bits per heavy atom. The maximum absolute atomic E-state index is 13.2. The van der Waals surface area contributed by atoms with Crippen LogP contribution in [0, 0.1) is 18.8 Å². The average Bonchev–Trinajstić information content (AvgIpc) is 2.98. The number of aromatic nitrogens is 3. The van der Waals surface area contributed by atoms with E-state index in [2.05, 4.69) is 26.4 Å². The van der Waals surface area contributed by atoms with E-state index >= 15 is 0 Å². The fraction of sp³-hybridized carbons (Fsp3) is 0.579. The molecule has 4 rings (SSSR count). The highest BCUT2D eigenvalue weighted by atomic mass is 19.4. The van der Waals surface area contributed by atoms with Crippen LogP contribution in [0.25, 0.3) is 11.3 Å². The molecule has 1 saturated carbocycles. The first-order chi connectivity index (χ1) is 12.3. The van der Waals surface area contributed by atoms with Crippen molar-refractivity contribution in [1.82, 2.24) is 19.4 Å². The van der Waals surface area contributed by atoms with Crippen molar-refractivity contribution in [2.45, 2.75) is 39.4 Å². The van der Waals surface area contributed by atoms with E-state index in [-0.39, 0.29) is 5.69 Å². The van der Waals surface area contributed by atoms with Gasteiger partial charge in [0.05, 0.1) is 11.3 Å². The van der Waals surface area contributed by atoms with E-state index < -0.39 is 11.7 Å². The summed E-state index contributed by atoms with van der Waals surface area (Å²) in [5, 5.41) is 0. The normalized spacial score (nSPS) is 25.5. The molecular weight excluding hydrogens is 341 g/mol. The van der Waals surface area contributed by atoms with Gasteiger partial charge in [0.1, 0.15) is 5.82 Å². The summed E-state index contributed by atoms with van der Waals surface area (Å²) in [5.41, 5.74) is 0.312. The Morgan fingerprint density at radius 1 is 1.19 bits per heavy atom. The van der Waals surface area contributed by atoms with Crippen LogP contribution in [0.4, 0.5) is 13.2 Å². The lowest BCUT2D eigenvalue weighted by Crippen LogP contribution is -2.24. The Balaban J connectivity index is 1.65. The Hall–Kier alpha value is -1.89. The largest absolute Gasteiger partial charge is 0.418 e. The monoisotopic (exact) mass is 364 g/mol. The minimum atomic E-state index is -4.40. The van der Waals surface area contributed by atoms with Gasteiger partial charge in [-0.1, -0.05) is 13.8 Å². The molecule has 0 spiro atoms. The predicted octanol–water partition coefficient (Wildman–Crippen LogP) is 3.96. The van der Waals surface area contributed by atoms with Gasteiger partial charge in [-0.25, -0.2) is 4.98 Å². The first kappa shape index (κ1) is 17.5. The van der Waals surface area contributed by atoms with Crippen LogP contribution in [-0.2, 0) is 12.6 Å². The van der Waals surface area contributed by atoms with Gasteiger partial charge in [0.15, 0.2) is 0 Å². The van der Waals surface area contributed by atoms with Crippen LogP contribution < -0.4 is 0 Å². The van der Waals surface area contributed by atoms with Crippen molar-refractivity contribution in [3.63, 3.8) is 0 Å².